The summed E-state index contributed by atoms with van der Waals surface area (Å²) >= 11 is 0. The van der Waals surface area contributed by atoms with Crippen LogP contribution < -0.4 is 0 Å². The zero-order valence-corrected chi connectivity index (χ0v) is 15.1. The molecule has 1 atom stereocenters. The lowest BCUT2D eigenvalue weighted by molar-refractivity contribution is -0.134. The molecule has 0 heterocycles. The second-order valence-corrected chi connectivity index (χ2v) is 9.39. The molecule has 0 aliphatic heterocycles. The molecule has 0 saturated carbocycles. The van der Waals surface area contributed by atoms with E-state index in [1.807, 2.05) is 6.92 Å². The van der Waals surface area contributed by atoms with E-state index in [9.17, 15) is 13.2 Å². The Morgan fingerprint density at radius 3 is 1.75 bits per heavy atom. The largest absolute Gasteiger partial charge is 0.341 e. The molecule has 0 rings (SSSR count). The van der Waals surface area contributed by atoms with Crippen molar-refractivity contribution in [3.05, 3.63) is 0 Å². The number of hydrogen-bond acceptors (Lipinski definition) is 3. The second-order valence-electron chi connectivity index (χ2n) is 7.49. The van der Waals surface area contributed by atoms with E-state index < -0.39 is 15.6 Å². The van der Waals surface area contributed by atoms with Gasteiger partial charge in [-0.2, -0.15) is 4.31 Å². The monoisotopic (exact) mass is 306 g/mol. The molecule has 0 aliphatic rings. The number of amides is 1. The zero-order valence-electron chi connectivity index (χ0n) is 14.3. The minimum Gasteiger partial charge on any atom is -0.341 e. The summed E-state index contributed by atoms with van der Waals surface area (Å²) in [4.78, 5) is 14.0. The molecular formula is C14H30N2O3S. The first kappa shape index (κ1) is 19.4. The molecule has 20 heavy (non-hydrogen) atoms. The maximum Gasteiger partial charge on any atom is 0.237 e. The van der Waals surface area contributed by atoms with Gasteiger partial charge in [-0.3, -0.25) is 4.79 Å². The minimum atomic E-state index is -3.43. The molecule has 0 N–H and O–H groups in total. The average Bonchev–Trinajstić information content (AvgIpc) is 2.18. The van der Waals surface area contributed by atoms with Crippen molar-refractivity contribution in [2.24, 2.45) is 5.41 Å². The average molecular weight is 306 g/mol. The van der Waals surface area contributed by atoms with Crippen molar-refractivity contribution < 1.29 is 13.2 Å². The SMILES string of the molecule is CC(N(C)C(=O)CN(C(C)(C)C)S(C)(=O)=O)C(C)(C)C. The molecule has 0 fully saturated rings. The van der Waals surface area contributed by atoms with Crippen molar-refractivity contribution in [2.75, 3.05) is 19.8 Å². The van der Waals surface area contributed by atoms with Gasteiger partial charge >= 0.3 is 0 Å². The van der Waals surface area contributed by atoms with Crippen LogP contribution in [0, 0.1) is 5.41 Å². The van der Waals surface area contributed by atoms with Crippen LogP contribution >= 0.6 is 0 Å². The predicted octanol–water partition coefficient (Wildman–Crippen LogP) is 1.94. The summed E-state index contributed by atoms with van der Waals surface area (Å²) in [5.41, 5.74) is -0.670. The predicted molar refractivity (Wildman–Crippen MR) is 83.0 cm³/mol. The Morgan fingerprint density at radius 1 is 1.10 bits per heavy atom. The molecule has 0 bridgehead atoms. The summed E-state index contributed by atoms with van der Waals surface area (Å²) in [6.45, 7) is 13.4. The van der Waals surface area contributed by atoms with Gasteiger partial charge in [0.15, 0.2) is 0 Å². The van der Waals surface area contributed by atoms with Gasteiger partial charge in [0.1, 0.15) is 0 Å². The molecule has 0 aromatic heterocycles. The molecule has 0 aliphatic carbocycles. The van der Waals surface area contributed by atoms with E-state index in [-0.39, 0.29) is 23.9 Å². The van der Waals surface area contributed by atoms with Crippen LogP contribution in [0.5, 0.6) is 0 Å². The first-order valence-electron chi connectivity index (χ1n) is 6.82. The third kappa shape index (κ3) is 5.40. The number of carbonyl (C=O) groups excluding carboxylic acids is 1. The normalized spacial score (nSPS) is 15.3. The fraction of sp³-hybridized carbons (Fsp3) is 0.929. The van der Waals surface area contributed by atoms with Crippen LogP contribution in [0.2, 0.25) is 0 Å². The van der Waals surface area contributed by atoms with E-state index in [1.165, 1.54) is 4.31 Å². The number of sulfonamides is 1. The smallest absolute Gasteiger partial charge is 0.237 e. The van der Waals surface area contributed by atoms with Gasteiger partial charge in [0.05, 0.1) is 12.8 Å². The van der Waals surface area contributed by atoms with E-state index in [1.54, 1.807) is 32.7 Å². The van der Waals surface area contributed by atoms with Gasteiger partial charge in [0.2, 0.25) is 15.9 Å². The van der Waals surface area contributed by atoms with Gasteiger partial charge in [-0.15, -0.1) is 0 Å². The molecule has 5 nitrogen and oxygen atoms in total. The molecule has 1 amide bonds. The van der Waals surface area contributed by atoms with E-state index in [4.69, 9.17) is 0 Å². The molecule has 0 radical (unpaired) electrons. The maximum absolute atomic E-state index is 12.4. The van der Waals surface area contributed by atoms with Crippen molar-refractivity contribution in [2.45, 2.75) is 60.0 Å². The van der Waals surface area contributed by atoms with Gasteiger partial charge in [-0.05, 0) is 33.1 Å². The molecule has 6 heteroatoms. The summed E-state index contributed by atoms with van der Waals surface area (Å²) in [5, 5.41) is 0. The number of hydrogen-bond donors (Lipinski definition) is 0. The summed E-state index contributed by atoms with van der Waals surface area (Å²) in [5.74, 6) is -0.187. The Morgan fingerprint density at radius 2 is 1.50 bits per heavy atom. The second kappa shape index (κ2) is 6.02. The summed E-state index contributed by atoms with van der Waals surface area (Å²) in [7, 11) is -1.70. The van der Waals surface area contributed by atoms with Crippen LogP contribution in [0.3, 0.4) is 0 Å². The Labute approximate surface area is 124 Å². The van der Waals surface area contributed by atoms with Gasteiger partial charge in [-0.25, -0.2) is 8.42 Å². The molecule has 0 spiro atoms. The van der Waals surface area contributed by atoms with E-state index >= 15 is 0 Å². The molecule has 0 aromatic carbocycles. The number of likely N-dealkylation sites (N-methyl/N-ethyl adjacent to an activating group) is 1. The van der Waals surface area contributed by atoms with Crippen LogP contribution in [0.15, 0.2) is 0 Å². The highest BCUT2D eigenvalue weighted by molar-refractivity contribution is 7.88. The standard InChI is InChI=1S/C14H30N2O3S/c1-11(13(2,3)4)15(8)12(17)10-16(14(5,6)7)20(9,18)19/h11H,10H2,1-9H3. The van der Waals surface area contributed by atoms with Gasteiger partial charge in [0.25, 0.3) is 0 Å². The molecular weight excluding hydrogens is 276 g/mol. The third-order valence-corrected chi connectivity index (χ3v) is 5.13. The van der Waals surface area contributed by atoms with Crippen LogP contribution in [0.25, 0.3) is 0 Å². The van der Waals surface area contributed by atoms with E-state index in [2.05, 4.69) is 20.8 Å². The maximum atomic E-state index is 12.4. The highest BCUT2D eigenvalue weighted by Gasteiger charge is 2.34. The topological polar surface area (TPSA) is 57.7 Å². The Kier molecular flexibility index (Phi) is 5.83. The van der Waals surface area contributed by atoms with Crippen LogP contribution in [-0.4, -0.2) is 55.0 Å². The number of carbonyl (C=O) groups is 1. The van der Waals surface area contributed by atoms with Gasteiger partial charge in [0, 0.05) is 18.6 Å². The first-order valence-corrected chi connectivity index (χ1v) is 8.67. The van der Waals surface area contributed by atoms with Crippen LogP contribution in [-0.2, 0) is 14.8 Å². The summed E-state index contributed by atoms with van der Waals surface area (Å²) in [6.07, 6.45) is 1.14. The molecule has 0 aromatic rings. The zero-order chi connectivity index (χ0) is 16.5. The first-order chi connectivity index (χ1) is 8.58. The number of nitrogens with zero attached hydrogens (tertiary/aromatic N) is 2. The Hall–Kier alpha value is -0.620. The summed E-state index contributed by atoms with van der Waals surface area (Å²) < 4.78 is 25.0. The minimum absolute atomic E-state index is 0.0244. The molecule has 1 unspecified atom stereocenters. The lowest BCUT2D eigenvalue weighted by Gasteiger charge is -2.38. The number of rotatable bonds is 4. The van der Waals surface area contributed by atoms with Gasteiger partial charge in [-0.1, -0.05) is 20.8 Å². The highest BCUT2D eigenvalue weighted by Crippen LogP contribution is 2.24. The summed E-state index contributed by atoms with van der Waals surface area (Å²) in [6, 6.07) is 0.0244. The Balaban J connectivity index is 5.15. The lowest BCUT2D eigenvalue weighted by Crippen LogP contribution is -2.52. The van der Waals surface area contributed by atoms with Crippen molar-refractivity contribution in [3.63, 3.8) is 0 Å². The lowest BCUT2D eigenvalue weighted by atomic mass is 9.87. The third-order valence-electron chi connectivity index (χ3n) is 3.66. The quantitative estimate of drug-likeness (QED) is 0.797. The molecule has 0 saturated heterocycles. The van der Waals surface area contributed by atoms with E-state index in [0.717, 1.165) is 6.26 Å². The fourth-order valence-corrected chi connectivity index (χ4v) is 3.22. The van der Waals surface area contributed by atoms with Crippen LogP contribution in [0.4, 0.5) is 0 Å². The van der Waals surface area contributed by atoms with Crippen molar-refractivity contribution in [1.82, 2.24) is 9.21 Å². The highest BCUT2D eigenvalue weighted by atomic mass is 32.2. The van der Waals surface area contributed by atoms with Crippen molar-refractivity contribution in [1.29, 1.82) is 0 Å². The van der Waals surface area contributed by atoms with Crippen molar-refractivity contribution >= 4 is 15.9 Å². The van der Waals surface area contributed by atoms with Crippen LogP contribution in [0.1, 0.15) is 48.5 Å². The van der Waals surface area contributed by atoms with Crippen molar-refractivity contribution in [3.8, 4) is 0 Å². The Bertz CT molecular complexity index is 444. The van der Waals surface area contributed by atoms with Gasteiger partial charge < -0.3 is 4.90 Å². The molecule has 120 valence electrons. The van der Waals surface area contributed by atoms with E-state index in [0.29, 0.717) is 0 Å². The fourth-order valence-electron chi connectivity index (χ4n) is 1.88.